The number of piperidine rings is 1. The normalized spacial score (nSPS) is 17.7. The molecule has 2 aromatic carbocycles. The smallest absolute Gasteiger partial charge is 0.410 e. The summed E-state index contributed by atoms with van der Waals surface area (Å²) in [4.78, 5) is 53.1. The molecule has 0 radical (unpaired) electrons. The Kier molecular flexibility index (Phi) is 22.6. The SMILES string of the molecule is C.C.CCOC(=O)C1=C(N[C@H](C)c2ccccc2)CCN(C(=O)OC(C)(C)C)C1.CCOC(=O)C1CN(C(=O)OC(C)(C)C)CCC1[NH2+][C@H](C)c1ccccc1.[Cl-]. The molecule has 12 nitrogen and oxygen atoms in total. The van der Waals surface area contributed by atoms with Crippen LogP contribution in [0.2, 0.25) is 0 Å². The van der Waals surface area contributed by atoms with Gasteiger partial charge in [-0.05, 0) is 74.8 Å². The Morgan fingerprint density at radius 1 is 0.772 bits per heavy atom. The number of hydrogen-bond donors (Lipinski definition) is 2. The Bertz CT molecular complexity index is 1560. The summed E-state index contributed by atoms with van der Waals surface area (Å²) in [6.45, 7) is 21.0. The summed E-state index contributed by atoms with van der Waals surface area (Å²) >= 11 is 0. The van der Waals surface area contributed by atoms with Crippen LogP contribution in [0, 0.1) is 5.92 Å². The highest BCUT2D eigenvalue weighted by Gasteiger charge is 2.41. The van der Waals surface area contributed by atoms with Crippen LogP contribution in [0.3, 0.4) is 0 Å². The average Bonchev–Trinajstić information content (AvgIpc) is 3.11. The second-order valence-electron chi connectivity index (χ2n) is 15.7. The highest BCUT2D eigenvalue weighted by atomic mass is 35.5. The fourth-order valence-corrected chi connectivity index (χ4v) is 6.33. The number of nitrogens with two attached hydrogens (primary N) is 1. The number of esters is 2. The predicted molar refractivity (Wildman–Crippen MR) is 221 cm³/mol. The minimum atomic E-state index is -0.578. The van der Waals surface area contributed by atoms with E-state index in [-0.39, 0.29) is 76.5 Å². The summed E-state index contributed by atoms with van der Waals surface area (Å²) in [6, 6.07) is 20.6. The van der Waals surface area contributed by atoms with Crippen molar-refractivity contribution in [1.29, 1.82) is 0 Å². The molecule has 322 valence electrons. The van der Waals surface area contributed by atoms with Crippen LogP contribution in [0.15, 0.2) is 71.9 Å². The van der Waals surface area contributed by atoms with Crippen LogP contribution in [0.25, 0.3) is 0 Å². The van der Waals surface area contributed by atoms with E-state index in [9.17, 15) is 19.2 Å². The molecule has 2 aliphatic heterocycles. The van der Waals surface area contributed by atoms with Gasteiger partial charge in [0.25, 0.3) is 0 Å². The van der Waals surface area contributed by atoms with Gasteiger partial charge < -0.3 is 51.8 Å². The van der Waals surface area contributed by atoms with Crippen molar-refractivity contribution in [3.8, 4) is 0 Å². The third kappa shape index (κ3) is 17.4. The molecule has 0 bridgehead atoms. The lowest BCUT2D eigenvalue weighted by atomic mass is 9.91. The molecule has 1 fully saturated rings. The molecule has 4 rings (SSSR count). The summed E-state index contributed by atoms with van der Waals surface area (Å²) in [5.41, 5.74) is 2.52. The van der Waals surface area contributed by atoms with Gasteiger partial charge >= 0.3 is 24.1 Å². The topological polar surface area (TPSA) is 140 Å². The first-order valence-corrected chi connectivity index (χ1v) is 19.1. The number of carbonyl (C=O) groups excluding carboxylic acids is 4. The first kappa shape index (κ1) is 52.7. The second-order valence-corrected chi connectivity index (χ2v) is 15.7. The van der Waals surface area contributed by atoms with Gasteiger partial charge in [0, 0.05) is 49.8 Å². The number of carbonyl (C=O) groups is 4. The molecule has 0 aliphatic carbocycles. The standard InChI is InChI=1S/C21H32N2O4.C21H30N2O4.2CH4.ClH/c2*1-6-26-19(24)17-14-23(20(25)27-21(3,4)5)13-12-18(17)22-15(2)16-10-8-7-9-11-16;;;/h7-11,15,17-18,22H,6,12-14H2,1-5H3;7-11,15,22H,6,12-14H2,1-5H3;2*1H4;1H/t15-,17?,18?;15-;;;/m11.../s1. The first-order chi connectivity index (χ1) is 25.4. The molecule has 2 aliphatic rings. The zero-order valence-electron chi connectivity index (χ0n) is 34.4. The van der Waals surface area contributed by atoms with Crippen LogP contribution in [-0.4, -0.2) is 90.6 Å². The number of hydrogen-bond acceptors (Lipinski definition) is 9. The van der Waals surface area contributed by atoms with Gasteiger partial charge in [0.1, 0.15) is 29.2 Å². The first-order valence-electron chi connectivity index (χ1n) is 19.1. The number of nitrogens with zero attached hydrogens (tertiary/aromatic N) is 2. The summed E-state index contributed by atoms with van der Waals surface area (Å²) in [5.74, 6) is -1.00. The highest BCUT2D eigenvalue weighted by Crippen LogP contribution is 2.24. The molecule has 2 unspecified atom stereocenters. The van der Waals surface area contributed by atoms with Crippen LogP contribution in [0.4, 0.5) is 9.59 Å². The van der Waals surface area contributed by atoms with Crippen molar-refractivity contribution < 1.29 is 55.8 Å². The Morgan fingerprint density at radius 2 is 1.28 bits per heavy atom. The van der Waals surface area contributed by atoms with Gasteiger partial charge in [-0.3, -0.25) is 4.79 Å². The van der Waals surface area contributed by atoms with E-state index < -0.39 is 23.3 Å². The molecule has 1 saturated heterocycles. The van der Waals surface area contributed by atoms with Crippen LogP contribution >= 0.6 is 0 Å². The number of nitrogens with one attached hydrogen (secondary N) is 1. The van der Waals surface area contributed by atoms with Gasteiger partial charge in [-0.25, -0.2) is 14.4 Å². The van der Waals surface area contributed by atoms with Crippen molar-refractivity contribution in [2.45, 2.75) is 126 Å². The number of likely N-dealkylation sites (tertiary alicyclic amines) is 1. The monoisotopic (exact) mass is 818 g/mol. The maximum atomic E-state index is 12.6. The Morgan fingerprint density at radius 3 is 1.79 bits per heavy atom. The van der Waals surface area contributed by atoms with Crippen LogP contribution in [0.1, 0.15) is 120 Å². The van der Waals surface area contributed by atoms with Gasteiger partial charge in [0.15, 0.2) is 0 Å². The predicted octanol–water partition coefficient (Wildman–Crippen LogP) is 4.57. The van der Waals surface area contributed by atoms with E-state index in [0.29, 0.717) is 38.2 Å². The number of ether oxygens (including phenoxy) is 4. The third-order valence-corrected chi connectivity index (χ3v) is 8.98. The van der Waals surface area contributed by atoms with Crippen LogP contribution in [0.5, 0.6) is 0 Å². The zero-order chi connectivity index (χ0) is 40.1. The Labute approximate surface area is 348 Å². The van der Waals surface area contributed by atoms with E-state index in [0.717, 1.165) is 17.7 Å². The van der Waals surface area contributed by atoms with Crippen molar-refractivity contribution in [3.63, 3.8) is 0 Å². The van der Waals surface area contributed by atoms with E-state index in [1.165, 1.54) is 5.56 Å². The van der Waals surface area contributed by atoms with Crippen molar-refractivity contribution in [2.24, 2.45) is 5.92 Å². The fourth-order valence-electron chi connectivity index (χ4n) is 6.33. The van der Waals surface area contributed by atoms with E-state index in [4.69, 9.17) is 18.9 Å². The quantitative estimate of drug-likeness (QED) is 0.261. The zero-order valence-corrected chi connectivity index (χ0v) is 35.1. The number of rotatable bonds is 10. The number of amides is 2. The lowest BCUT2D eigenvalue weighted by Crippen LogP contribution is -3.00. The highest BCUT2D eigenvalue weighted by molar-refractivity contribution is 5.91. The average molecular weight is 820 g/mol. The minimum Gasteiger partial charge on any atom is -1.00 e. The van der Waals surface area contributed by atoms with Gasteiger partial charge in [-0.1, -0.05) is 75.5 Å². The van der Waals surface area contributed by atoms with Gasteiger partial charge in [-0.15, -0.1) is 0 Å². The molecule has 3 N–H and O–H groups in total. The van der Waals surface area contributed by atoms with Crippen molar-refractivity contribution in [2.75, 3.05) is 39.4 Å². The Balaban J connectivity index is 0.00000105. The van der Waals surface area contributed by atoms with E-state index in [2.05, 4.69) is 29.7 Å². The molecule has 0 aromatic heterocycles. The molecule has 4 atom stereocenters. The second kappa shape index (κ2) is 24.5. The molecule has 13 heteroatoms. The summed E-state index contributed by atoms with van der Waals surface area (Å²) in [7, 11) is 0. The Hall–Kier alpha value is -4.29. The van der Waals surface area contributed by atoms with E-state index in [1.54, 1.807) is 23.6 Å². The molecule has 2 heterocycles. The maximum absolute atomic E-state index is 12.6. The summed E-state index contributed by atoms with van der Waals surface area (Å²) in [6.07, 6.45) is 0.482. The maximum Gasteiger partial charge on any atom is 0.410 e. The number of benzene rings is 2. The molecule has 2 amide bonds. The minimum absolute atomic E-state index is 0. The largest absolute Gasteiger partial charge is 1.00 e. The molecule has 0 spiro atoms. The van der Waals surface area contributed by atoms with E-state index >= 15 is 0 Å². The van der Waals surface area contributed by atoms with Gasteiger partial charge in [0.05, 0.1) is 25.3 Å². The van der Waals surface area contributed by atoms with Gasteiger partial charge in [-0.2, -0.15) is 0 Å². The molecule has 0 saturated carbocycles. The number of quaternary nitrogens is 1. The molecule has 57 heavy (non-hydrogen) atoms. The van der Waals surface area contributed by atoms with Gasteiger partial charge in [0.2, 0.25) is 0 Å². The third-order valence-electron chi connectivity index (χ3n) is 8.98. The van der Waals surface area contributed by atoms with Crippen LogP contribution < -0.4 is 23.0 Å². The van der Waals surface area contributed by atoms with E-state index in [1.807, 2.05) is 97.0 Å². The molecule has 2 aromatic rings. The van der Waals surface area contributed by atoms with Crippen molar-refractivity contribution in [3.05, 3.63) is 83.1 Å². The summed E-state index contributed by atoms with van der Waals surface area (Å²) in [5, 5.41) is 5.66. The lowest BCUT2D eigenvalue weighted by molar-refractivity contribution is -0.731. The molecular weight excluding hydrogens is 748 g/mol. The fraction of sp³-hybridized carbons (Fsp3) is 0.591. The van der Waals surface area contributed by atoms with Crippen molar-refractivity contribution in [1.82, 2.24) is 15.1 Å². The summed E-state index contributed by atoms with van der Waals surface area (Å²) < 4.78 is 21.4. The molecular formula is C44H71ClN4O8. The van der Waals surface area contributed by atoms with Crippen molar-refractivity contribution >= 4 is 24.1 Å². The lowest BCUT2D eigenvalue weighted by Gasteiger charge is -2.37. The number of halogens is 1. The van der Waals surface area contributed by atoms with Crippen LogP contribution in [-0.2, 0) is 28.5 Å².